The number of carbonyl (C=O) groups is 1. The highest BCUT2D eigenvalue weighted by atomic mass is 32.2. The molecule has 1 fully saturated rings. The number of hydrogen-bond acceptors (Lipinski definition) is 3. The van der Waals surface area contributed by atoms with Crippen LogP contribution >= 0.6 is 0 Å². The van der Waals surface area contributed by atoms with E-state index in [1.807, 2.05) is 23.1 Å². The minimum atomic E-state index is -3.38. The van der Waals surface area contributed by atoms with Crippen molar-refractivity contribution in [2.75, 3.05) is 38.6 Å². The Balaban J connectivity index is 1.69. The molecule has 0 radical (unpaired) electrons. The average molecular weight is 351 g/mol. The van der Waals surface area contributed by atoms with Crippen molar-refractivity contribution in [2.45, 2.75) is 25.7 Å². The van der Waals surface area contributed by atoms with Gasteiger partial charge in [-0.05, 0) is 37.3 Å². The fourth-order valence-corrected chi connectivity index (χ4v) is 4.68. The van der Waals surface area contributed by atoms with E-state index in [-0.39, 0.29) is 11.8 Å². The number of rotatable bonds is 3. The predicted molar refractivity (Wildman–Crippen MR) is 94.0 cm³/mol. The molecule has 24 heavy (non-hydrogen) atoms. The lowest BCUT2D eigenvalue weighted by molar-refractivity contribution is -0.123. The van der Waals surface area contributed by atoms with Gasteiger partial charge < -0.3 is 4.90 Å². The zero-order chi connectivity index (χ0) is 17.3. The van der Waals surface area contributed by atoms with E-state index in [2.05, 4.69) is 6.07 Å². The highest BCUT2D eigenvalue weighted by Gasteiger charge is 2.35. The van der Waals surface area contributed by atoms with Crippen molar-refractivity contribution in [2.24, 2.45) is 5.92 Å². The molecule has 7 heteroatoms. The minimum Gasteiger partial charge on any atom is -0.312 e. The monoisotopic (exact) mass is 351 g/mol. The number of anilines is 1. The first-order valence-electron chi connectivity index (χ1n) is 8.48. The summed E-state index contributed by atoms with van der Waals surface area (Å²) in [6, 6.07) is 8.08. The van der Waals surface area contributed by atoms with E-state index in [1.54, 1.807) is 0 Å². The fraction of sp³-hybridized carbons (Fsp3) is 0.588. The van der Waals surface area contributed by atoms with Crippen molar-refractivity contribution in [3.05, 3.63) is 29.8 Å². The van der Waals surface area contributed by atoms with Gasteiger partial charge in [0.1, 0.15) is 0 Å². The first kappa shape index (κ1) is 17.4. The van der Waals surface area contributed by atoms with Crippen LogP contribution in [0.2, 0.25) is 0 Å². The highest BCUT2D eigenvalue weighted by molar-refractivity contribution is 7.86. The summed E-state index contributed by atoms with van der Waals surface area (Å²) in [5.74, 6) is 0.0498. The van der Waals surface area contributed by atoms with Gasteiger partial charge in [-0.3, -0.25) is 4.79 Å². The highest BCUT2D eigenvalue weighted by Crippen LogP contribution is 2.30. The Morgan fingerprint density at radius 3 is 2.46 bits per heavy atom. The molecule has 0 unspecified atom stereocenters. The third kappa shape index (κ3) is 3.20. The summed E-state index contributed by atoms with van der Waals surface area (Å²) in [4.78, 5) is 14.9. The molecule has 2 aliphatic heterocycles. The van der Waals surface area contributed by atoms with Crippen molar-refractivity contribution in [1.29, 1.82) is 0 Å². The summed E-state index contributed by atoms with van der Waals surface area (Å²) in [6.07, 6.45) is 3.17. The third-order valence-electron chi connectivity index (χ3n) is 4.97. The molecule has 2 aliphatic rings. The standard InChI is InChI=1S/C17H25N3O3S/c1-18(2)24(22,23)19-12-9-15(10-13-19)17(21)20-11-5-7-14-6-3-4-8-16(14)20/h3-4,6,8,15H,5,7,9-13H2,1-2H3. The summed E-state index contributed by atoms with van der Waals surface area (Å²) >= 11 is 0. The Labute approximate surface area is 144 Å². The maximum absolute atomic E-state index is 13.0. The SMILES string of the molecule is CN(C)S(=O)(=O)N1CCC(C(=O)N2CCCc3ccccc32)CC1. The molecule has 3 rings (SSSR count). The van der Waals surface area contributed by atoms with E-state index in [4.69, 9.17) is 0 Å². The van der Waals surface area contributed by atoms with Crippen LogP contribution in [0.1, 0.15) is 24.8 Å². The predicted octanol–water partition coefficient (Wildman–Crippen LogP) is 1.48. The summed E-state index contributed by atoms with van der Waals surface area (Å²) < 4.78 is 27.1. The minimum absolute atomic E-state index is 0.0928. The quantitative estimate of drug-likeness (QED) is 0.829. The zero-order valence-electron chi connectivity index (χ0n) is 14.3. The molecule has 0 aromatic heterocycles. The molecule has 0 spiro atoms. The summed E-state index contributed by atoms with van der Waals surface area (Å²) in [5.41, 5.74) is 2.25. The molecule has 132 valence electrons. The van der Waals surface area contributed by atoms with Crippen molar-refractivity contribution in [3.63, 3.8) is 0 Å². The van der Waals surface area contributed by atoms with E-state index in [1.165, 1.54) is 28.3 Å². The van der Waals surface area contributed by atoms with Gasteiger partial charge in [-0.15, -0.1) is 0 Å². The van der Waals surface area contributed by atoms with Crippen molar-refractivity contribution < 1.29 is 13.2 Å². The van der Waals surface area contributed by atoms with Crippen molar-refractivity contribution in [1.82, 2.24) is 8.61 Å². The molecule has 0 atom stereocenters. The van der Waals surface area contributed by atoms with Crippen LogP contribution < -0.4 is 4.90 Å². The fourth-order valence-electron chi connectivity index (χ4n) is 3.55. The molecule has 1 aromatic rings. The number of amides is 1. The first-order chi connectivity index (χ1) is 11.4. The normalized spacial score (nSPS) is 20.2. The molecule has 1 aromatic carbocycles. The van der Waals surface area contributed by atoms with Gasteiger partial charge >= 0.3 is 0 Å². The Morgan fingerprint density at radius 2 is 1.79 bits per heavy atom. The maximum Gasteiger partial charge on any atom is 0.281 e. The van der Waals surface area contributed by atoms with Crippen LogP contribution in [0.15, 0.2) is 24.3 Å². The van der Waals surface area contributed by atoms with Gasteiger partial charge in [0.2, 0.25) is 5.91 Å². The lowest BCUT2D eigenvalue weighted by Crippen LogP contribution is -2.48. The number of piperidine rings is 1. The van der Waals surface area contributed by atoms with E-state index in [0.717, 1.165) is 25.1 Å². The molecule has 2 heterocycles. The summed E-state index contributed by atoms with van der Waals surface area (Å²) in [7, 11) is -0.303. The van der Waals surface area contributed by atoms with Crippen LogP contribution in [0, 0.1) is 5.92 Å². The van der Waals surface area contributed by atoms with Gasteiger partial charge in [0.15, 0.2) is 0 Å². The molecule has 6 nitrogen and oxygen atoms in total. The van der Waals surface area contributed by atoms with Crippen LogP contribution in [0.3, 0.4) is 0 Å². The van der Waals surface area contributed by atoms with E-state index in [0.29, 0.717) is 25.9 Å². The van der Waals surface area contributed by atoms with Crippen LogP contribution in [0.4, 0.5) is 5.69 Å². The maximum atomic E-state index is 13.0. The summed E-state index contributed by atoms with van der Waals surface area (Å²) in [6.45, 7) is 1.57. The second kappa shape index (κ2) is 6.82. The Hall–Kier alpha value is -1.44. The number of para-hydroxylation sites is 1. The van der Waals surface area contributed by atoms with Crippen LogP contribution in [-0.2, 0) is 21.4 Å². The van der Waals surface area contributed by atoms with Crippen molar-refractivity contribution in [3.8, 4) is 0 Å². The Kier molecular flexibility index (Phi) is 4.94. The van der Waals surface area contributed by atoms with Gasteiger partial charge in [0.05, 0.1) is 0 Å². The summed E-state index contributed by atoms with van der Waals surface area (Å²) in [5, 5.41) is 0. The number of carbonyl (C=O) groups excluding carboxylic acids is 1. The zero-order valence-corrected chi connectivity index (χ0v) is 15.1. The number of nitrogens with zero attached hydrogens (tertiary/aromatic N) is 3. The Morgan fingerprint density at radius 1 is 1.12 bits per heavy atom. The van der Waals surface area contributed by atoms with E-state index >= 15 is 0 Å². The lowest BCUT2D eigenvalue weighted by Gasteiger charge is -2.36. The van der Waals surface area contributed by atoms with Gasteiger partial charge in [-0.2, -0.15) is 17.0 Å². The molecule has 0 bridgehead atoms. The molecule has 1 saturated heterocycles. The molecule has 0 aliphatic carbocycles. The van der Waals surface area contributed by atoms with Gasteiger partial charge in [-0.1, -0.05) is 18.2 Å². The average Bonchev–Trinajstić information content (AvgIpc) is 2.60. The first-order valence-corrected chi connectivity index (χ1v) is 9.88. The number of benzene rings is 1. The molecule has 1 amide bonds. The topological polar surface area (TPSA) is 60.9 Å². The second-order valence-corrected chi connectivity index (χ2v) is 8.83. The van der Waals surface area contributed by atoms with Gasteiger partial charge in [-0.25, -0.2) is 0 Å². The van der Waals surface area contributed by atoms with Gasteiger partial charge in [0, 0.05) is 45.3 Å². The van der Waals surface area contributed by atoms with E-state index in [9.17, 15) is 13.2 Å². The second-order valence-electron chi connectivity index (χ2n) is 6.69. The number of fused-ring (bicyclic) bond motifs is 1. The van der Waals surface area contributed by atoms with Crippen LogP contribution in [0.25, 0.3) is 0 Å². The third-order valence-corrected chi connectivity index (χ3v) is 6.91. The number of hydrogen-bond donors (Lipinski definition) is 0. The molecular formula is C17H25N3O3S. The van der Waals surface area contributed by atoms with Crippen LogP contribution in [-0.4, -0.2) is 56.7 Å². The van der Waals surface area contributed by atoms with Crippen molar-refractivity contribution >= 4 is 21.8 Å². The smallest absolute Gasteiger partial charge is 0.281 e. The van der Waals surface area contributed by atoms with Crippen LogP contribution in [0.5, 0.6) is 0 Å². The van der Waals surface area contributed by atoms with Gasteiger partial charge in [0.25, 0.3) is 10.2 Å². The van der Waals surface area contributed by atoms with E-state index < -0.39 is 10.2 Å². The number of aryl methyl sites for hydroxylation is 1. The molecule has 0 N–H and O–H groups in total. The molecule has 0 saturated carbocycles. The lowest BCUT2D eigenvalue weighted by atomic mass is 9.94. The Bertz CT molecular complexity index is 710. The molecular weight excluding hydrogens is 326 g/mol. The largest absolute Gasteiger partial charge is 0.312 e.